The Balaban J connectivity index is 1.43. The first-order chi connectivity index (χ1) is 15.4. The van der Waals surface area contributed by atoms with E-state index in [-0.39, 0.29) is 23.3 Å². The fourth-order valence-corrected chi connectivity index (χ4v) is 4.52. The monoisotopic (exact) mass is 439 g/mol. The number of likely N-dealkylation sites (tertiary alicyclic amines) is 1. The van der Waals surface area contributed by atoms with Gasteiger partial charge in [-0.05, 0) is 44.2 Å². The molecule has 0 radical (unpaired) electrons. The molecule has 8 heteroatoms. The van der Waals surface area contributed by atoms with Gasteiger partial charge in [0.05, 0.1) is 13.0 Å². The van der Waals surface area contributed by atoms with Crippen LogP contribution in [0.1, 0.15) is 60.7 Å². The van der Waals surface area contributed by atoms with E-state index < -0.39 is 0 Å². The minimum Gasteiger partial charge on any atom is -0.373 e. The smallest absolute Gasteiger partial charge is 0.289 e. The Kier molecular flexibility index (Phi) is 6.60. The summed E-state index contributed by atoms with van der Waals surface area (Å²) >= 11 is 0. The summed E-state index contributed by atoms with van der Waals surface area (Å²) in [5.41, 5.74) is 2.11. The first-order valence-electron chi connectivity index (χ1n) is 11.5. The molecule has 172 valence electrons. The number of carbonyl (C=O) groups is 2. The van der Waals surface area contributed by atoms with Gasteiger partial charge >= 0.3 is 0 Å². The van der Waals surface area contributed by atoms with Crippen molar-refractivity contribution < 1.29 is 14.3 Å². The van der Waals surface area contributed by atoms with E-state index in [0.29, 0.717) is 50.9 Å². The van der Waals surface area contributed by atoms with Crippen LogP contribution in [0.5, 0.6) is 0 Å². The zero-order valence-electron chi connectivity index (χ0n) is 19.3. The maximum absolute atomic E-state index is 12.9. The Morgan fingerprint density at radius 2 is 1.97 bits per heavy atom. The molecule has 1 aromatic heterocycles. The summed E-state index contributed by atoms with van der Waals surface area (Å²) < 4.78 is 7.88. The van der Waals surface area contributed by atoms with Crippen LogP contribution in [-0.4, -0.2) is 57.2 Å². The molecule has 3 heterocycles. The Hall–Kier alpha value is -2.74. The Bertz CT molecular complexity index is 978. The third-order valence-electron chi connectivity index (χ3n) is 6.93. The van der Waals surface area contributed by atoms with E-state index in [9.17, 15) is 9.59 Å². The summed E-state index contributed by atoms with van der Waals surface area (Å²) in [5.74, 6) is 1.01. The second-order valence-electron chi connectivity index (χ2n) is 9.29. The van der Waals surface area contributed by atoms with E-state index in [1.165, 1.54) is 0 Å². The number of nitrogens with zero attached hydrogens (tertiary/aromatic N) is 4. The number of fused-ring (bicyclic) bond motifs is 1. The van der Waals surface area contributed by atoms with Crippen molar-refractivity contribution in [1.29, 1.82) is 0 Å². The number of piperidine rings is 1. The number of amides is 2. The minimum absolute atomic E-state index is 0.0777. The molecule has 1 N–H and O–H groups in total. The molecular weight excluding hydrogens is 406 g/mol. The highest BCUT2D eigenvalue weighted by Gasteiger charge is 2.40. The lowest BCUT2D eigenvalue weighted by molar-refractivity contribution is -0.133. The van der Waals surface area contributed by atoms with Crippen LogP contribution in [0, 0.1) is 12.3 Å². The highest BCUT2D eigenvalue weighted by Crippen LogP contribution is 2.36. The molecule has 1 fully saturated rings. The number of hydrogen-bond donors (Lipinski definition) is 1. The average Bonchev–Trinajstić information content (AvgIpc) is 3.09. The van der Waals surface area contributed by atoms with Gasteiger partial charge in [-0.1, -0.05) is 31.2 Å². The number of aryl methyl sites for hydroxylation is 1. The molecule has 2 aliphatic rings. The summed E-state index contributed by atoms with van der Waals surface area (Å²) in [6, 6.07) is 8.13. The molecule has 8 nitrogen and oxygen atoms in total. The number of benzene rings is 1. The second-order valence-corrected chi connectivity index (χ2v) is 9.29. The lowest BCUT2D eigenvalue weighted by atomic mass is 9.78. The van der Waals surface area contributed by atoms with Crippen LogP contribution in [0.15, 0.2) is 24.3 Å². The molecule has 1 saturated heterocycles. The van der Waals surface area contributed by atoms with E-state index in [1.807, 2.05) is 54.5 Å². The maximum atomic E-state index is 12.9. The van der Waals surface area contributed by atoms with Gasteiger partial charge in [0.15, 0.2) is 5.82 Å². The van der Waals surface area contributed by atoms with E-state index in [4.69, 9.17) is 4.74 Å². The molecule has 0 bridgehead atoms. The lowest BCUT2D eigenvalue weighted by Gasteiger charge is -2.41. The zero-order chi connectivity index (χ0) is 22.7. The Morgan fingerprint density at radius 3 is 2.69 bits per heavy atom. The van der Waals surface area contributed by atoms with Gasteiger partial charge in [-0.15, -0.1) is 10.2 Å². The molecule has 4 rings (SSSR count). The van der Waals surface area contributed by atoms with Crippen LogP contribution in [0.3, 0.4) is 0 Å². The number of ether oxygens (including phenoxy) is 1. The van der Waals surface area contributed by atoms with E-state index in [1.54, 1.807) is 0 Å². The van der Waals surface area contributed by atoms with Crippen molar-refractivity contribution >= 4 is 11.8 Å². The van der Waals surface area contributed by atoms with E-state index in [2.05, 4.69) is 15.5 Å². The van der Waals surface area contributed by atoms with Gasteiger partial charge in [0, 0.05) is 31.1 Å². The molecule has 32 heavy (non-hydrogen) atoms. The zero-order valence-corrected chi connectivity index (χ0v) is 19.3. The van der Waals surface area contributed by atoms with Crippen LogP contribution in [0.4, 0.5) is 0 Å². The summed E-state index contributed by atoms with van der Waals surface area (Å²) in [4.78, 5) is 27.6. The molecule has 1 atom stereocenters. The van der Waals surface area contributed by atoms with Crippen molar-refractivity contribution in [2.45, 2.75) is 65.6 Å². The summed E-state index contributed by atoms with van der Waals surface area (Å²) in [6.45, 7) is 9.03. The highest BCUT2D eigenvalue weighted by molar-refractivity contribution is 5.90. The van der Waals surface area contributed by atoms with E-state index >= 15 is 0 Å². The van der Waals surface area contributed by atoms with Crippen molar-refractivity contribution in [2.24, 2.45) is 5.41 Å². The van der Waals surface area contributed by atoms with Crippen LogP contribution < -0.4 is 5.32 Å². The molecule has 1 aromatic carbocycles. The first-order valence-corrected chi connectivity index (χ1v) is 11.5. The van der Waals surface area contributed by atoms with Crippen molar-refractivity contribution in [2.75, 3.05) is 19.7 Å². The predicted molar refractivity (Wildman–Crippen MR) is 120 cm³/mol. The standard InChI is InChI=1S/C24H33N5O3/c1-4-18(3)25-23(31)22-27-26-20-14-32-16-24(15-29(20)22)9-11-28(12-10-24)21(30)13-19-8-6-5-7-17(19)2/h5-8,18H,4,9-16H2,1-3H3,(H,25,31)/t18-/m1/s1. The van der Waals surface area contributed by atoms with Gasteiger partial charge in [-0.3, -0.25) is 9.59 Å². The lowest BCUT2D eigenvalue weighted by Crippen LogP contribution is -2.47. The fourth-order valence-electron chi connectivity index (χ4n) is 4.52. The van der Waals surface area contributed by atoms with Gasteiger partial charge in [-0.25, -0.2) is 0 Å². The third-order valence-corrected chi connectivity index (χ3v) is 6.93. The quantitative estimate of drug-likeness (QED) is 0.773. The molecular formula is C24H33N5O3. The van der Waals surface area contributed by atoms with Gasteiger partial charge < -0.3 is 19.5 Å². The topological polar surface area (TPSA) is 89.4 Å². The van der Waals surface area contributed by atoms with Crippen LogP contribution >= 0.6 is 0 Å². The molecule has 2 amide bonds. The van der Waals surface area contributed by atoms with Crippen LogP contribution in [0.2, 0.25) is 0 Å². The summed E-state index contributed by atoms with van der Waals surface area (Å²) in [7, 11) is 0. The number of aromatic nitrogens is 3. The van der Waals surface area contributed by atoms with Gasteiger partial charge in [0.1, 0.15) is 6.61 Å². The van der Waals surface area contributed by atoms with E-state index in [0.717, 1.165) is 30.4 Å². The highest BCUT2D eigenvalue weighted by atomic mass is 16.5. The van der Waals surface area contributed by atoms with Gasteiger partial charge in [0.25, 0.3) is 5.91 Å². The molecule has 1 spiro atoms. The molecule has 2 aromatic rings. The number of hydrogen-bond acceptors (Lipinski definition) is 5. The number of nitrogens with one attached hydrogen (secondary N) is 1. The summed E-state index contributed by atoms with van der Waals surface area (Å²) in [5, 5.41) is 11.4. The number of carbonyl (C=O) groups excluding carboxylic acids is 2. The third kappa shape index (κ3) is 4.70. The summed E-state index contributed by atoms with van der Waals surface area (Å²) in [6.07, 6.45) is 2.95. The first kappa shape index (κ1) is 22.5. The van der Waals surface area contributed by atoms with Gasteiger partial charge in [0.2, 0.25) is 11.7 Å². The Labute approximate surface area is 189 Å². The van der Waals surface area contributed by atoms with Gasteiger partial charge in [-0.2, -0.15) is 0 Å². The van der Waals surface area contributed by atoms with Crippen molar-refractivity contribution in [1.82, 2.24) is 25.0 Å². The average molecular weight is 440 g/mol. The molecule has 2 aliphatic heterocycles. The van der Waals surface area contributed by atoms with Crippen LogP contribution in [-0.2, 0) is 29.1 Å². The second kappa shape index (κ2) is 9.40. The van der Waals surface area contributed by atoms with Crippen molar-refractivity contribution in [3.8, 4) is 0 Å². The molecule has 0 unspecified atom stereocenters. The largest absolute Gasteiger partial charge is 0.373 e. The number of rotatable bonds is 5. The predicted octanol–water partition coefficient (Wildman–Crippen LogP) is 2.50. The fraction of sp³-hybridized carbons (Fsp3) is 0.583. The molecule has 0 aliphatic carbocycles. The normalized spacial score (nSPS) is 18.7. The SMILES string of the molecule is CC[C@@H](C)NC(=O)c1nnc2n1CC1(CCN(C(=O)Cc3ccccc3C)CC1)COC2. The van der Waals surface area contributed by atoms with Crippen molar-refractivity contribution in [3.63, 3.8) is 0 Å². The minimum atomic E-state index is -0.194. The van der Waals surface area contributed by atoms with Crippen molar-refractivity contribution in [3.05, 3.63) is 47.0 Å². The maximum Gasteiger partial charge on any atom is 0.289 e. The Morgan fingerprint density at radius 1 is 1.22 bits per heavy atom. The molecule has 0 saturated carbocycles. The van der Waals surface area contributed by atoms with Crippen LogP contribution in [0.25, 0.3) is 0 Å².